The van der Waals surface area contributed by atoms with Gasteiger partial charge in [0, 0.05) is 48.6 Å². The van der Waals surface area contributed by atoms with Crippen molar-refractivity contribution in [1.29, 1.82) is 5.26 Å². The number of anilines is 2. The van der Waals surface area contributed by atoms with Crippen LogP contribution in [0.5, 0.6) is 6.01 Å². The summed E-state index contributed by atoms with van der Waals surface area (Å²) in [5, 5.41) is 10.6. The summed E-state index contributed by atoms with van der Waals surface area (Å²) in [6.45, 7) is 6.47. The van der Waals surface area contributed by atoms with E-state index < -0.39 is 17.8 Å². The summed E-state index contributed by atoms with van der Waals surface area (Å²) in [4.78, 5) is 27.1. The van der Waals surface area contributed by atoms with Gasteiger partial charge in [0.1, 0.15) is 41.0 Å². The molecule has 13 heteroatoms. The number of hydrogen-bond donors (Lipinski definition) is 1. The quantitative estimate of drug-likeness (QED) is 0.273. The number of fused-ring (bicyclic) bond motifs is 2. The number of nitrogen functional groups attached to an aromatic ring is 1. The second-order valence-corrected chi connectivity index (χ2v) is 12.6. The Morgan fingerprint density at radius 2 is 2.04 bits per heavy atom. The third kappa shape index (κ3) is 5.21. The van der Waals surface area contributed by atoms with Crippen molar-refractivity contribution in [3.8, 4) is 23.2 Å². The number of carbonyl (C=O) groups excluding carboxylic acids is 1. The lowest BCUT2D eigenvalue weighted by Crippen LogP contribution is -2.43. The standard InChI is InChI=1S/C32H32F3N7O2S/c1-5-25(43)42-11-10-24(16(42)2)41(4)31-21-7-6-20(19-8-9-23(34)29-26(19)22(13-36)30(37)45-29)27(35)28(21)38-32(39-31)44-15-18-12-17(33)14-40(18)3/h5-9,16-18,24H,1,10-12,14-15,37H2,2-4H3/t16-,17+,18-,24+/m0/s1. The van der Waals surface area contributed by atoms with Gasteiger partial charge in [0.05, 0.1) is 16.3 Å². The SMILES string of the molecule is C=CC(=O)N1CC[C@@H](N(C)c2nc(OC[C@@H]3C[C@@H](F)CN3C)nc3c(F)c(-c4ccc(F)c5sc(N)c(C#N)c45)ccc23)[C@@H]1C. The maximum atomic E-state index is 16.7. The van der Waals surface area contributed by atoms with Crippen molar-refractivity contribution in [2.45, 2.75) is 44.1 Å². The maximum Gasteiger partial charge on any atom is 0.319 e. The average Bonchev–Trinajstić information content (AvgIpc) is 3.68. The number of carbonyl (C=O) groups is 1. The Bertz CT molecular complexity index is 1880. The summed E-state index contributed by atoms with van der Waals surface area (Å²) in [5.41, 5.74) is 6.48. The number of amides is 1. The molecule has 2 saturated heterocycles. The molecular formula is C32H32F3N7O2S. The molecule has 2 aromatic carbocycles. The lowest BCUT2D eigenvalue weighted by atomic mass is 9.97. The highest BCUT2D eigenvalue weighted by atomic mass is 32.1. The van der Waals surface area contributed by atoms with Crippen LogP contribution in [0.3, 0.4) is 0 Å². The van der Waals surface area contributed by atoms with Gasteiger partial charge in [-0.2, -0.15) is 15.2 Å². The first kappa shape index (κ1) is 30.6. The van der Waals surface area contributed by atoms with E-state index in [2.05, 4.69) is 11.6 Å². The number of aromatic nitrogens is 2. The lowest BCUT2D eigenvalue weighted by Gasteiger charge is -2.32. The summed E-state index contributed by atoms with van der Waals surface area (Å²) in [6, 6.07) is 7.29. The molecule has 0 saturated carbocycles. The van der Waals surface area contributed by atoms with E-state index in [1.807, 2.05) is 36.9 Å². The molecule has 2 aliphatic rings. The third-order valence-electron chi connectivity index (χ3n) is 9.03. The highest BCUT2D eigenvalue weighted by molar-refractivity contribution is 7.23. The molecule has 0 aliphatic carbocycles. The van der Waals surface area contributed by atoms with E-state index in [9.17, 15) is 18.8 Å². The molecule has 4 atom stereocenters. The van der Waals surface area contributed by atoms with Crippen LogP contribution in [-0.4, -0.2) is 83.8 Å². The van der Waals surface area contributed by atoms with Crippen LogP contribution in [0.1, 0.15) is 25.3 Å². The molecule has 45 heavy (non-hydrogen) atoms. The van der Waals surface area contributed by atoms with Gasteiger partial charge in [0.15, 0.2) is 5.82 Å². The summed E-state index contributed by atoms with van der Waals surface area (Å²) in [6.07, 6.45) is 1.27. The van der Waals surface area contributed by atoms with Crippen LogP contribution in [0.2, 0.25) is 0 Å². The van der Waals surface area contributed by atoms with E-state index in [0.29, 0.717) is 42.7 Å². The number of ether oxygens (including phenoxy) is 1. The van der Waals surface area contributed by atoms with Crippen molar-refractivity contribution >= 4 is 49.1 Å². The number of nitrogens with two attached hydrogens (primary N) is 1. The van der Waals surface area contributed by atoms with Gasteiger partial charge in [0.2, 0.25) is 5.91 Å². The molecule has 0 bridgehead atoms. The fraction of sp³-hybridized carbons (Fsp3) is 0.375. The predicted octanol–water partition coefficient (Wildman–Crippen LogP) is 5.28. The molecule has 2 N–H and O–H groups in total. The van der Waals surface area contributed by atoms with Gasteiger partial charge in [-0.05, 0) is 50.6 Å². The van der Waals surface area contributed by atoms with Gasteiger partial charge in [-0.1, -0.05) is 18.7 Å². The van der Waals surface area contributed by atoms with Crippen molar-refractivity contribution < 1.29 is 22.7 Å². The fourth-order valence-electron chi connectivity index (χ4n) is 6.60. The Labute approximate surface area is 262 Å². The first-order valence-electron chi connectivity index (χ1n) is 14.6. The number of hydrogen-bond acceptors (Lipinski definition) is 9. The molecule has 4 heterocycles. The smallest absolute Gasteiger partial charge is 0.319 e. The Morgan fingerprint density at radius 3 is 2.73 bits per heavy atom. The minimum Gasteiger partial charge on any atom is -0.462 e. The molecule has 1 amide bonds. The zero-order chi connectivity index (χ0) is 32.2. The molecule has 2 aliphatic heterocycles. The zero-order valence-corrected chi connectivity index (χ0v) is 25.9. The summed E-state index contributed by atoms with van der Waals surface area (Å²) in [7, 11) is 3.64. The van der Waals surface area contributed by atoms with Crippen LogP contribution in [0.15, 0.2) is 36.9 Å². The molecule has 4 aromatic rings. The zero-order valence-electron chi connectivity index (χ0n) is 25.1. The molecule has 9 nitrogen and oxygen atoms in total. The minimum atomic E-state index is -0.968. The van der Waals surface area contributed by atoms with Crippen LogP contribution in [0, 0.1) is 23.0 Å². The van der Waals surface area contributed by atoms with Gasteiger partial charge < -0.3 is 20.3 Å². The lowest BCUT2D eigenvalue weighted by molar-refractivity contribution is -0.126. The van der Waals surface area contributed by atoms with Crippen molar-refractivity contribution in [2.24, 2.45) is 0 Å². The number of rotatable bonds is 7. The van der Waals surface area contributed by atoms with Gasteiger partial charge >= 0.3 is 6.01 Å². The van der Waals surface area contributed by atoms with E-state index >= 15 is 4.39 Å². The normalized spacial score (nSPS) is 21.8. The van der Waals surface area contributed by atoms with Crippen LogP contribution >= 0.6 is 11.3 Å². The third-order valence-corrected chi connectivity index (χ3v) is 10.1. The summed E-state index contributed by atoms with van der Waals surface area (Å²) >= 11 is 0.935. The summed E-state index contributed by atoms with van der Waals surface area (Å²) in [5.74, 6) is -1.04. The molecular weight excluding hydrogens is 603 g/mol. The number of nitrogens with zero attached hydrogens (tertiary/aromatic N) is 6. The molecule has 2 fully saturated rings. The van der Waals surface area contributed by atoms with Gasteiger partial charge in [-0.3, -0.25) is 9.69 Å². The number of likely N-dealkylation sites (N-methyl/N-ethyl adjacent to an activating group) is 2. The fourth-order valence-corrected chi connectivity index (χ4v) is 7.55. The van der Waals surface area contributed by atoms with E-state index in [1.54, 1.807) is 17.0 Å². The molecule has 0 unspecified atom stereocenters. The molecule has 234 valence electrons. The van der Waals surface area contributed by atoms with Crippen LogP contribution in [0.25, 0.3) is 32.1 Å². The van der Waals surface area contributed by atoms with Crippen LogP contribution in [-0.2, 0) is 4.79 Å². The summed E-state index contributed by atoms with van der Waals surface area (Å²) < 4.78 is 51.6. The maximum absolute atomic E-state index is 16.7. The first-order valence-corrected chi connectivity index (χ1v) is 15.4. The van der Waals surface area contributed by atoms with Crippen molar-refractivity contribution in [3.05, 3.63) is 54.1 Å². The highest BCUT2D eigenvalue weighted by Gasteiger charge is 2.37. The molecule has 0 radical (unpaired) electrons. The van der Waals surface area contributed by atoms with Gasteiger partial charge in [-0.15, -0.1) is 11.3 Å². The topological polar surface area (TPSA) is 112 Å². The minimum absolute atomic E-state index is 0.0358. The number of thiophene rings is 1. The molecule has 2 aromatic heterocycles. The number of benzene rings is 2. The highest BCUT2D eigenvalue weighted by Crippen LogP contribution is 2.43. The monoisotopic (exact) mass is 635 g/mol. The number of nitriles is 1. The van der Waals surface area contributed by atoms with Gasteiger partial charge in [0.25, 0.3) is 0 Å². The van der Waals surface area contributed by atoms with Crippen molar-refractivity contribution in [1.82, 2.24) is 19.8 Å². The predicted molar refractivity (Wildman–Crippen MR) is 169 cm³/mol. The van der Waals surface area contributed by atoms with Crippen LogP contribution in [0.4, 0.5) is 24.0 Å². The average molecular weight is 636 g/mol. The Kier molecular flexibility index (Phi) is 8.05. The molecule has 0 spiro atoms. The van der Waals surface area contributed by atoms with E-state index in [4.69, 9.17) is 15.5 Å². The number of likely N-dealkylation sites (tertiary alicyclic amines) is 2. The van der Waals surface area contributed by atoms with E-state index in [1.165, 1.54) is 18.2 Å². The first-order chi connectivity index (χ1) is 21.5. The number of halogens is 3. The largest absolute Gasteiger partial charge is 0.462 e. The second-order valence-electron chi connectivity index (χ2n) is 11.6. The van der Waals surface area contributed by atoms with Gasteiger partial charge in [-0.25, -0.2) is 13.2 Å². The Hall–Kier alpha value is -4.41. The molecule has 6 rings (SSSR count). The Balaban J connectivity index is 1.48. The number of alkyl halides is 1. The van der Waals surface area contributed by atoms with E-state index in [-0.39, 0.29) is 68.4 Å². The van der Waals surface area contributed by atoms with Crippen molar-refractivity contribution in [3.63, 3.8) is 0 Å². The van der Waals surface area contributed by atoms with Crippen LogP contribution < -0.4 is 15.4 Å². The van der Waals surface area contributed by atoms with Crippen molar-refractivity contribution in [2.75, 3.05) is 44.4 Å². The Morgan fingerprint density at radius 1 is 1.29 bits per heavy atom. The van der Waals surface area contributed by atoms with E-state index in [0.717, 1.165) is 11.3 Å². The second kappa shape index (κ2) is 11.8.